The molecular formula is C16H32O4. The highest BCUT2D eigenvalue weighted by atomic mass is 16.7. The lowest BCUT2D eigenvalue weighted by Gasteiger charge is -2.11. The van der Waals surface area contributed by atoms with Crippen molar-refractivity contribution in [1.82, 2.24) is 0 Å². The first kappa shape index (κ1) is 19.2. The van der Waals surface area contributed by atoms with Gasteiger partial charge in [-0.2, -0.15) is 0 Å². The molecule has 0 heterocycles. The number of ether oxygens (including phenoxy) is 2. The van der Waals surface area contributed by atoms with Gasteiger partial charge in [-0.3, -0.25) is 0 Å². The number of carbonyl (C=O) groups is 1. The van der Waals surface area contributed by atoms with Crippen LogP contribution < -0.4 is 0 Å². The molecule has 4 nitrogen and oxygen atoms in total. The second-order valence-electron chi connectivity index (χ2n) is 5.47. The summed E-state index contributed by atoms with van der Waals surface area (Å²) in [6.07, 6.45) is 10.5. The van der Waals surface area contributed by atoms with Gasteiger partial charge < -0.3 is 14.6 Å². The van der Waals surface area contributed by atoms with Gasteiger partial charge in [0.2, 0.25) is 0 Å². The van der Waals surface area contributed by atoms with E-state index in [0.717, 1.165) is 18.8 Å². The van der Waals surface area contributed by atoms with E-state index in [1.165, 1.54) is 44.9 Å². The van der Waals surface area contributed by atoms with Gasteiger partial charge in [0.1, 0.15) is 6.61 Å². The molecule has 1 atom stereocenters. The van der Waals surface area contributed by atoms with Crippen molar-refractivity contribution in [2.24, 2.45) is 5.92 Å². The van der Waals surface area contributed by atoms with Crippen LogP contribution in [0, 0.1) is 5.92 Å². The Morgan fingerprint density at radius 2 is 1.55 bits per heavy atom. The fourth-order valence-electron chi connectivity index (χ4n) is 2.16. The molecule has 0 aromatic heterocycles. The van der Waals surface area contributed by atoms with Crippen LogP contribution in [0.5, 0.6) is 0 Å². The molecule has 0 aliphatic rings. The molecule has 0 radical (unpaired) electrons. The second kappa shape index (κ2) is 14.6. The molecule has 0 saturated carbocycles. The maximum Gasteiger partial charge on any atom is 0.508 e. The van der Waals surface area contributed by atoms with Gasteiger partial charge in [0.05, 0.1) is 13.2 Å². The van der Waals surface area contributed by atoms with Crippen LogP contribution in [0.15, 0.2) is 0 Å². The van der Waals surface area contributed by atoms with Crippen molar-refractivity contribution in [2.45, 2.75) is 71.6 Å². The zero-order valence-electron chi connectivity index (χ0n) is 13.2. The van der Waals surface area contributed by atoms with E-state index in [9.17, 15) is 4.79 Å². The number of carbonyl (C=O) groups excluding carboxylic acids is 1. The summed E-state index contributed by atoms with van der Waals surface area (Å²) in [4.78, 5) is 11.0. The Labute approximate surface area is 123 Å². The summed E-state index contributed by atoms with van der Waals surface area (Å²) in [5.41, 5.74) is 0. The van der Waals surface area contributed by atoms with Crippen LogP contribution in [-0.2, 0) is 9.47 Å². The van der Waals surface area contributed by atoms with Gasteiger partial charge >= 0.3 is 6.16 Å². The molecule has 0 aromatic rings. The van der Waals surface area contributed by atoms with Crippen LogP contribution in [0.4, 0.5) is 4.79 Å². The highest BCUT2D eigenvalue weighted by molar-refractivity contribution is 5.59. The highest BCUT2D eigenvalue weighted by Gasteiger charge is 2.04. The van der Waals surface area contributed by atoms with E-state index in [1.54, 1.807) is 0 Å². The van der Waals surface area contributed by atoms with Crippen molar-refractivity contribution in [1.29, 1.82) is 0 Å². The van der Waals surface area contributed by atoms with E-state index in [2.05, 4.69) is 18.6 Å². The lowest BCUT2D eigenvalue weighted by atomic mass is 9.97. The largest absolute Gasteiger partial charge is 0.508 e. The molecule has 0 aliphatic carbocycles. The SMILES string of the molecule is CCCCCCC(C)CCCCCOC(=O)OCCO. The van der Waals surface area contributed by atoms with Crippen molar-refractivity contribution in [3.63, 3.8) is 0 Å². The van der Waals surface area contributed by atoms with Gasteiger partial charge in [-0.15, -0.1) is 0 Å². The van der Waals surface area contributed by atoms with Crippen molar-refractivity contribution in [3.8, 4) is 0 Å². The van der Waals surface area contributed by atoms with E-state index in [4.69, 9.17) is 9.84 Å². The quantitative estimate of drug-likeness (QED) is 0.405. The molecule has 1 unspecified atom stereocenters. The molecule has 0 spiro atoms. The van der Waals surface area contributed by atoms with Gasteiger partial charge in [0.25, 0.3) is 0 Å². The molecule has 0 aromatic carbocycles. The Kier molecular flexibility index (Phi) is 14.1. The first-order chi connectivity index (χ1) is 9.70. The van der Waals surface area contributed by atoms with E-state index >= 15 is 0 Å². The number of rotatable bonds is 13. The average Bonchev–Trinajstić information content (AvgIpc) is 2.45. The summed E-state index contributed by atoms with van der Waals surface area (Å²) in [5, 5.41) is 8.47. The number of unbranched alkanes of at least 4 members (excludes halogenated alkanes) is 5. The van der Waals surface area contributed by atoms with E-state index in [0.29, 0.717) is 6.61 Å². The van der Waals surface area contributed by atoms with E-state index in [1.807, 2.05) is 0 Å². The predicted molar refractivity (Wildman–Crippen MR) is 80.8 cm³/mol. The van der Waals surface area contributed by atoms with Crippen LogP contribution in [0.2, 0.25) is 0 Å². The molecular weight excluding hydrogens is 256 g/mol. The lowest BCUT2D eigenvalue weighted by molar-refractivity contribution is 0.0425. The number of aliphatic hydroxyl groups is 1. The Morgan fingerprint density at radius 1 is 0.950 bits per heavy atom. The van der Waals surface area contributed by atoms with Crippen LogP contribution in [0.3, 0.4) is 0 Å². The van der Waals surface area contributed by atoms with Crippen LogP contribution >= 0.6 is 0 Å². The minimum Gasteiger partial charge on any atom is -0.434 e. The Hall–Kier alpha value is -0.770. The molecule has 0 aliphatic heterocycles. The van der Waals surface area contributed by atoms with Gasteiger partial charge in [-0.05, 0) is 12.3 Å². The van der Waals surface area contributed by atoms with Crippen molar-refractivity contribution < 1.29 is 19.4 Å². The van der Waals surface area contributed by atoms with Gasteiger partial charge in [0.15, 0.2) is 0 Å². The molecule has 1 N–H and O–H groups in total. The smallest absolute Gasteiger partial charge is 0.434 e. The van der Waals surface area contributed by atoms with Gasteiger partial charge in [0, 0.05) is 0 Å². The molecule has 0 bridgehead atoms. The second-order valence-corrected chi connectivity index (χ2v) is 5.47. The number of hydrogen-bond donors (Lipinski definition) is 1. The van der Waals surface area contributed by atoms with Crippen LogP contribution in [0.1, 0.15) is 71.6 Å². The Morgan fingerprint density at radius 3 is 2.15 bits per heavy atom. The van der Waals surface area contributed by atoms with Crippen molar-refractivity contribution in [2.75, 3.05) is 19.8 Å². The lowest BCUT2D eigenvalue weighted by Crippen LogP contribution is -2.11. The fraction of sp³-hybridized carbons (Fsp3) is 0.938. The molecule has 0 saturated heterocycles. The number of hydrogen-bond acceptors (Lipinski definition) is 4. The Balaban J connectivity index is 3.24. The summed E-state index contributed by atoms with van der Waals surface area (Å²) in [5.74, 6) is 0.808. The highest BCUT2D eigenvalue weighted by Crippen LogP contribution is 2.17. The first-order valence-electron chi connectivity index (χ1n) is 8.11. The molecule has 0 amide bonds. The average molecular weight is 288 g/mol. The normalized spacial score (nSPS) is 12.2. The van der Waals surface area contributed by atoms with Crippen molar-refractivity contribution >= 4 is 6.16 Å². The van der Waals surface area contributed by atoms with Gasteiger partial charge in [-0.25, -0.2) is 4.79 Å². The minimum absolute atomic E-state index is 0.00831. The maximum atomic E-state index is 11.0. The van der Waals surface area contributed by atoms with Gasteiger partial charge in [-0.1, -0.05) is 65.2 Å². The first-order valence-corrected chi connectivity index (χ1v) is 8.11. The summed E-state index contributed by atoms with van der Waals surface area (Å²) in [6, 6.07) is 0. The summed E-state index contributed by atoms with van der Waals surface area (Å²) >= 11 is 0. The molecule has 20 heavy (non-hydrogen) atoms. The molecule has 120 valence electrons. The third-order valence-electron chi connectivity index (χ3n) is 3.42. The summed E-state index contributed by atoms with van der Waals surface area (Å²) < 4.78 is 9.46. The molecule has 4 heteroatoms. The Bertz CT molecular complexity index is 219. The summed E-state index contributed by atoms with van der Waals surface area (Å²) in [6.45, 7) is 4.83. The standard InChI is InChI=1S/C16H32O4/c1-3-4-5-7-10-15(2)11-8-6-9-13-19-16(18)20-14-12-17/h15,17H,3-14H2,1-2H3. The van der Waals surface area contributed by atoms with Crippen LogP contribution in [-0.4, -0.2) is 31.1 Å². The zero-order chi connectivity index (χ0) is 15.1. The maximum absolute atomic E-state index is 11.0. The summed E-state index contributed by atoms with van der Waals surface area (Å²) in [7, 11) is 0. The monoisotopic (exact) mass is 288 g/mol. The predicted octanol–water partition coefficient (Wildman–Crippen LogP) is 4.30. The van der Waals surface area contributed by atoms with Crippen molar-refractivity contribution in [3.05, 3.63) is 0 Å². The third-order valence-corrected chi connectivity index (χ3v) is 3.42. The van der Waals surface area contributed by atoms with E-state index in [-0.39, 0.29) is 13.2 Å². The van der Waals surface area contributed by atoms with E-state index < -0.39 is 6.16 Å². The molecule has 0 fully saturated rings. The topological polar surface area (TPSA) is 55.8 Å². The zero-order valence-corrected chi connectivity index (χ0v) is 13.2. The third kappa shape index (κ3) is 13.7. The minimum atomic E-state index is -0.677. The molecule has 0 rings (SSSR count). The fourth-order valence-corrected chi connectivity index (χ4v) is 2.16. The van der Waals surface area contributed by atoms with Crippen LogP contribution in [0.25, 0.3) is 0 Å². The number of aliphatic hydroxyl groups excluding tert-OH is 1.